The lowest BCUT2D eigenvalue weighted by atomic mass is 9.74. The first kappa shape index (κ1) is 25.2. The van der Waals surface area contributed by atoms with Gasteiger partial charge in [0, 0.05) is 0 Å². The van der Waals surface area contributed by atoms with Gasteiger partial charge in [-0.2, -0.15) is 0 Å². The molecule has 1 saturated heterocycles. The van der Waals surface area contributed by atoms with E-state index in [1.165, 1.54) is 63.4 Å². The van der Waals surface area contributed by atoms with Gasteiger partial charge in [0.15, 0.2) is 0 Å². The Kier molecular flexibility index (Phi) is 10.2. The van der Waals surface area contributed by atoms with Crippen molar-refractivity contribution >= 4 is 0 Å². The number of unbranched alkanes of at least 4 members (excludes halogenated alkanes) is 4. The van der Waals surface area contributed by atoms with E-state index in [2.05, 4.69) is 46.4 Å². The van der Waals surface area contributed by atoms with Crippen molar-refractivity contribution in [3.63, 3.8) is 0 Å². The first-order chi connectivity index (χ1) is 14.2. The summed E-state index contributed by atoms with van der Waals surface area (Å²) >= 11 is 0. The van der Waals surface area contributed by atoms with Crippen LogP contribution >= 0.6 is 0 Å². The van der Waals surface area contributed by atoms with E-state index >= 15 is 0 Å². The molecule has 2 rings (SSSR count). The van der Waals surface area contributed by atoms with Crippen LogP contribution < -0.4 is 5.11 Å². The van der Waals surface area contributed by atoms with Gasteiger partial charge in [0.2, 0.25) is 0 Å². The van der Waals surface area contributed by atoms with Gasteiger partial charge in [-0.1, -0.05) is 57.8 Å². The van der Waals surface area contributed by atoms with Crippen molar-refractivity contribution in [2.75, 3.05) is 0 Å². The lowest BCUT2D eigenvalue weighted by molar-refractivity contribution is -0.313. The van der Waals surface area contributed by atoms with Crippen LogP contribution in [0.15, 0.2) is 35.6 Å². The number of rotatable bonds is 12. The molecule has 1 aliphatic carbocycles. The lowest BCUT2D eigenvalue weighted by Crippen LogP contribution is -2.44. The van der Waals surface area contributed by atoms with E-state index in [4.69, 9.17) is 4.74 Å². The zero-order valence-corrected chi connectivity index (χ0v) is 20.5. The summed E-state index contributed by atoms with van der Waals surface area (Å²) in [5, 5.41) is 11.2. The van der Waals surface area contributed by atoms with E-state index in [0.717, 1.165) is 25.2 Å². The molecule has 0 bridgehead atoms. The molecule has 0 spiro atoms. The average molecular weight is 416 g/mol. The minimum Gasteiger partial charge on any atom is -0.876 e. The number of allylic oxidation sites excluding steroid dienone is 4. The molecule has 0 aromatic heterocycles. The summed E-state index contributed by atoms with van der Waals surface area (Å²) in [4.78, 5) is 0. The highest BCUT2D eigenvalue weighted by atomic mass is 16.5. The number of hydrogen-bond donors (Lipinski definition) is 0. The quantitative estimate of drug-likeness (QED) is 0.188. The fourth-order valence-electron chi connectivity index (χ4n) is 4.99. The van der Waals surface area contributed by atoms with Gasteiger partial charge >= 0.3 is 0 Å². The van der Waals surface area contributed by atoms with Crippen LogP contribution in [-0.2, 0) is 4.74 Å². The van der Waals surface area contributed by atoms with Gasteiger partial charge < -0.3 is 9.84 Å². The lowest BCUT2D eigenvalue weighted by Gasteiger charge is -2.46. The molecule has 0 amide bonds. The Morgan fingerprint density at radius 1 is 1.27 bits per heavy atom. The predicted molar refractivity (Wildman–Crippen MR) is 127 cm³/mol. The van der Waals surface area contributed by atoms with Crippen molar-refractivity contribution in [3.8, 4) is 0 Å². The van der Waals surface area contributed by atoms with E-state index in [-0.39, 0.29) is 17.3 Å². The van der Waals surface area contributed by atoms with Crippen LogP contribution in [0.3, 0.4) is 0 Å². The normalized spacial score (nSPS) is 30.5. The van der Waals surface area contributed by atoms with Crippen molar-refractivity contribution in [1.82, 2.24) is 0 Å². The molecule has 2 aliphatic rings. The van der Waals surface area contributed by atoms with Crippen molar-refractivity contribution < 1.29 is 9.84 Å². The number of fused-ring (bicyclic) bond motifs is 1. The molecule has 0 N–H and O–H groups in total. The summed E-state index contributed by atoms with van der Waals surface area (Å²) in [6, 6.07) is 0. The van der Waals surface area contributed by atoms with Crippen molar-refractivity contribution in [2.45, 2.75) is 123 Å². The molecule has 5 atom stereocenters. The molecule has 1 fully saturated rings. The standard InChI is InChI=1S/C28H48O2/c1-21(14-12-15-23(3)25(5)29)13-10-8-7-9-11-19-28(6)20-18-26-17-16-22(2)24(4)27(26)30-28/h13,17,22-24,27,29H,5,7-12,14-16,18-20H2,1-4,6H3/p-1/b21-13+. The highest BCUT2D eigenvalue weighted by Gasteiger charge is 2.40. The molecule has 1 heterocycles. The summed E-state index contributed by atoms with van der Waals surface area (Å²) in [5.41, 5.74) is 3.13. The summed E-state index contributed by atoms with van der Waals surface area (Å²) in [6.07, 6.45) is 19.7. The third kappa shape index (κ3) is 7.91. The van der Waals surface area contributed by atoms with Crippen LogP contribution in [0.2, 0.25) is 0 Å². The van der Waals surface area contributed by atoms with Crippen LogP contribution in [0.5, 0.6) is 0 Å². The molecule has 2 nitrogen and oxygen atoms in total. The summed E-state index contributed by atoms with van der Waals surface area (Å²) in [6.45, 7) is 14.8. The van der Waals surface area contributed by atoms with Gasteiger partial charge in [-0.05, 0) is 95.0 Å². The first-order valence-corrected chi connectivity index (χ1v) is 12.6. The minimum atomic E-state index is 0.0730. The van der Waals surface area contributed by atoms with E-state index in [1.807, 2.05) is 6.92 Å². The zero-order valence-electron chi connectivity index (χ0n) is 20.5. The highest BCUT2D eigenvalue weighted by Crippen LogP contribution is 2.43. The second-order valence-electron chi connectivity index (χ2n) is 10.6. The smallest absolute Gasteiger partial charge is 0.0820 e. The Balaban J connectivity index is 1.57. The molecule has 2 heteroatoms. The number of ether oxygens (including phenoxy) is 1. The van der Waals surface area contributed by atoms with Gasteiger partial charge in [0.25, 0.3) is 0 Å². The largest absolute Gasteiger partial charge is 0.876 e. The maximum Gasteiger partial charge on any atom is 0.0820 e. The van der Waals surface area contributed by atoms with Crippen LogP contribution in [0.1, 0.15) is 112 Å². The fourth-order valence-corrected chi connectivity index (χ4v) is 4.99. The van der Waals surface area contributed by atoms with Crippen molar-refractivity contribution in [2.24, 2.45) is 17.8 Å². The zero-order chi connectivity index (χ0) is 22.1. The Morgan fingerprint density at radius 2 is 2.00 bits per heavy atom. The molecule has 0 saturated carbocycles. The topological polar surface area (TPSA) is 32.3 Å². The Hall–Kier alpha value is -1.02. The van der Waals surface area contributed by atoms with E-state index < -0.39 is 0 Å². The van der Waals surface area contributed by atoms with Gasteiger partial charge in [-0.3, -0.25) is 0 Å². The molecule has 0 aromatic carbocycles. The average Bonchev–Trinajstić information content (AvgIpc) is 2.70. The Bertz CT molecular complexity index is 602. The molecule has 0 aromatic rings. The Morgan fingerprint density at radius 3 is 2.73 bits per heavy atom. The predicted octanol–water partition coefficient (Wildman–Crippen LogP) is 7.49. The molecular weight excluding hydrogens is 368 g/mol. The minimum absolute atomic E-state index is 0.0730. The van der Waals surface area contributed by atoms with Crippen molar-refractivity contribution in [1.29, 1.82) is 0 Å². The van der Waals surface area contributed by atoms with Crippen LogP contribution in [0, 0.1) is 17.8 Å². The van der Waals surface area contributed by atoms with Gasteiger partial charge in [0.1, 0.15) is 0 Å². The molecule has 30 heavy (non-hydrogen) atoms. The van der Waals surface area contributed by atoms with Gasteiger partial charge in [-0.25, -0.2) is 0 Å². The van der Waals surface area contributed by atoms with E-state index in [1.54, 1.807) is 5.57 Å². The monoisotopic (exact) mass is 415 g/mol. The molecule has 1 aliphatic heterocycles. The second-order valence-corrected chi connectivity index (χ2v) is 10.6. The summed E-state index contributed by atoms with van der Waals surface area (Å²) in [5.74, 6) is 1.58. The number of hydrogen-bond acceptors (Lipinski definition) is 2. The molecule has 172 valence electrons. The van der Waals surface area contributed by atoms with Crippen LogP contribution in [0.4, 0.5) is 0 Å². The van der Waals surface area contributed by atoms with E-state index in [9.17, 15) is 5.11 Å². The van der Waals surface area contributed by atoms with Crippen molar-refractivity contribution in [3.05, 3.63) is 35.6 Å². The summed E-state index contributed by atoms with van der Waals surface area (Å²) in [7, 11) is 0. The molecule has 0 radical (unpaired) electrons. The second kappa shape index (κ2) is 12.1. The van der Waals surface area contributed by atoms with Crippen LogP contribution in [0.25, 0.3) is 0 Å². The maximum atomic E-state index is 11.2. The van der Waals surface area contributed by atoms with E-state index in [0.29, 0.717) is 12.0 Å². The van der Waals surface area contributed by atoms with Crippen LogP contribution in [-0.4, -0.2) is 11.7 Å². The SMILES string of the molecule is C=C([O-])C(C)CCC/C(C)=C/CCCCCCC1(C)CCC2=CCC(C)C(C)C2O1. The highest BCUT2D eigenvalue weighted by molar-refractivity contribution is 5.18. The first-order valence-electron chi connectivity index (χ1n) is 12.6. The molecular formula is C28H47O2-. The van der Waals surface area contributed by atoms with Gasteiger partial charge in [-0.15, -0.1) is 12.3 Å². The third-order valence-corrected chi connectivity index (χ3v) is 7.76. The fraction of sp³-hybridized carbons (Fsp3) is 0.786. The molecule has 5 unspecified atom stereocenters. The maximum absolute atomic E-state index is 11.2. The Labute approximate surface area is 186 Å². The van der Waals surface area contributed by atoms with Gasteiger partial charge in [0.05, 0.1) is 11.7 Å². The summed E-state index contributed by atoms with van der Waals surface area (Å²) < 4.78 is 6.69. The third-order valence-electron chi connectivity index (χ3n) is 7.76.